The van der Waals surface area contributed by atoms with Gasteiger partial charge in [0.25, 0.3) is 5.69 Å². The summed E-state index contributed by atoms with van der Waals surface area (Å²) >= 11 is 0. The average Bonchev–Trinajstić information content (AvgIpc) is 2.38. The van der Waals surface area contributed by atoms with Crippen LogP contribution in [0.4, 0.5) is 11.4 Å². The Morgan fingerprint density at radius 2 is 1.76 bits per heavy atom. The van der Waals surface area contributed by atoms with E-state index in [0.717, 1.165) is 18.5 Å². The van der Waals surface area contributed by atoms with Crippen molar-refractivity contribution in [2.24, 2.45) is 5.10 Å². The topological polar surface area (TPSA) is 67.5 Å². The predicted octanol–water partition coefficient (Wildman–Crippen LogP) is 3.33. The minimum Gasteiger partial charge on any atom is -0.279 e. The van der Waals surface area contributed by atoms with Gasteiger partial charge >= 0.3 is 0 Å². The zero-order valence-electron chi connectivity index (χ0n) is 9.56. The van der Waals surface area contributed by atoms with Crippen LogP contribution in [-0.2, 0) is 0 Å². The lowest BCUT2D eigenvalue weighted by Crippen LogP contribution is -2.07. The van der Waals surface area contributed by atoms with E-state index in [9.17, 15) is 10.1 Å². The van der Waals surface area contributed by atoms with Gasteiger partial charge in [0.15, 0.2) is 0 Å². The van der Waals surface area contributed by atoms with Gasteiger partial charge in [-0.05, 0) is 37.8 Å². The minimum absolute atomic E-state index is 0.0980. The highest BCUT2D eigenvalue weighted by molar-refractivity contribution is 5.85. The number of benzene rings is 1. The summed E-state index contributed by atoms with van der Waals surface area (Å²) in [5.41, 5.74) is 5.02. The molecule has 0 heterocycles. The smallest absolute Gasteiger partial charge is 0.269 e. The number of anilines is 1. The molecule has 5 heteroatoms. The van der Waals surface area contributed by atoms with Gasteiger partial charge in [-0.3, -0.25) is 15.5 Å². The normalized spacial score (nSPS) is 15.4. The zero-order valence-corrected chi connectivity index (χ0v) is 9.56. The van der Waals surface area contributed by atoms with Crippen molar-refractivity contribution in [3.05, 3.63) is 34.4 Å². The number of hydrogen-bond donors (Lipinski definition) is 1. The Hall–Kier alpha value is -1.91. The number of nitro groups is 1. The van der Waals surface area contributed by atoms with E-state index in [1.54, 1.807) is 12.1 Å². The molecular weight excluding hydrogens is 218 g/mol. The van der Waals surface area contributed by atoms with Crippen molar-refractivity contribution < 1.29 is 4.92 Å². The van der Waals surface area contributed by atoms with Gasteiger partial charge < -0.3 is 0 Å². The van der Waals surface area contributed by atoms with Crippen LogP contribution in [-0.4, -0.2) is 10.6 Å². The molecule has 1 saturated carbocycles. The number of nitrogens with zero attached hydrogens (tertiary/aromatic N) is 2. The molecule has 90 valence electrons. The van der Waals surface area contributed by atoms with Gasteiger partial charge in [0.1, 0.15) is 0 Å². The maximum atomic E-state index is 10.5. The Balaban J connectivity index is 1.96. The van der Waals surface area contributed by atoms with Gasteiger partial charge in [0.2, 0.25) is 0 Å². The fraction of sp³-hybridized carbons (Fsp3) is 0.417. The zero-order chi connectivity index (χ0) is 12.1. The second-order valence-corrected chi connectivity index (χ2v) is 4.15. The molecule has 0 amide bonds. The van der Waals surface area contributed by atoms with Crippen LogP contribution in [0.15, 0.2) is 29.4 Å². The molecule has 17 heavy (non-hydrogen) atoms. The van der Waals surface area contributed by atoms with E-state index in [1.807, 2.05) is 0 Å². The summed E-state index contributed by atoms with van der Waals surface area (Å²) in [6.07, 6.45) is 5.82. The van der Waals surface area contributed by atoms with Crippen molar-refractivity contribution in [2.45, 2.75) is 32.1 Å². The van der Waals surface area contributed by atoms with E-state index >= 15 is 0 Å². The molecule has 1 aliphatic rings. The van der Waals surface area contributed by atoms with Gasteiger partial charge in [-0.25, -0.2) is 0 Å². The molecule has 0 unspecified atom stereocenters. The number of hydrazone groups is 1. The van der Waals surface area contributed by atoms with Crippen LogP contribution in [0.25, 0.3) is 0 Å². The summed E-state index contributed by atoms with van der Waals surface area (Å²) in [7, 11) is 0. The third kappa shape index (κ3) is 3.27. The van der Waals surface area contributed by atoms with E-state index in [1.165, 1.54) is 37.1 Å². The molecule has 0 spiro atoms. The Kier molecular flexibility index (Phi) is 3.69. The quantitative estimate of drug-likeness (QED) is 0.643. The molecule has 0 aromatic heterocycles. The Labute approximate surface area is 99.7 Å². The van der Waals surface area contributed by atoms with E-state index in [0.29, 0.717) is 0 Å². The first-order valence-electron chi connectivity index (χ1n) is 5.81. The van der Waals surface area contributed by atoms with Gasteiger partial charge in [-0.15, -0.1) is 0 Å². The SMILES string of the molecule is O=[N+]([O-])c1ccc(NN=C2CCCCC2)cc1. The van der Waals surface area contributed by atoms with E-state index in [2.05, 4.69) is 10.5 Å². The van der Waals surface area contributed by atoms with Crippen molar-refractivity contribution in [3.63, 3.8) is 0 Å². The van der Waals surface area contributed by atoms with Crippen molar-refractivity contribution in [2.75, 3.05) is 5.43 Å². The highest BCUT2D eigenvalue weighted by Crippen LogP contribution is 2.17. The number of rotatable bonds is 3. The lowest BCUT2D eigenvalue weighted by Gasteiger charge is -2.12. The van der Waals surface area contributed by atoms with Crippen molar-refractivity contribution >= 4 is 17.1 Å². The molecule has 1 N–H and O–H groups in total. The van der Waals surface area contributed by atoms with Gasteiger partial charge in [-0.2, -0.15) is 5.10 Å². The van der Waals surface area contributed by atoms with Crippen LogP contribution in [0.2, 0.25) is 0 Å². The first kappa shape index (κ1) is 11.6. The molecule has 0 bridgehead atoms. The first-order valence-corrected chi connectivity index (χ1v) is 5.81. The molecule has 1 aliphatic carbocycles. The van der Waals surface area contributed by atoms with E-state index < -0.39 is 4.92 Å². The summed E-state index contributed by atoms with van der Waals surface area (Å²) in [6.45, 7) is 0. The third-order valence-corrected chi connectivity index (χ3v) is 2.85. The molecule has 0 saturated heterocycles. The predicted molar refractivity (Wildman–Crippen MR) is 67.2 cm³/mol. The molecule has 0 aliphatic heterocycles. The molecule has 1 fully saturated rings. The standard InChI is InChI=1S/C12H15N3O2/c16-15(17)12-8-6-11(7-9-12)14-13-10-4-2-1-3-5-10/h6-9,14H,1-5H2. The average molecular weight is 233 g/mol. The second kappa shape index (κ2) is 5.43. The van der Waals surface area contributed by atoms with Gasteiger partial charge in [0.05, 0.1) is 10.6 Å². The fourth-order valence-electron chi connectivity index (χ4n) is 1.87. The number of nitro benzene ring substituents is 1. The van der Waals surface area contributed by atoms with E-state index in [4.69, 9.17) is 0 Å². The second-order valence-electron chi connectivity index (χ2n) is 4.15. The lowest BCUT2D eigenvalue weighted by molar-refractivity contribution is -0.384. The number of non-ortho nitro benzene ring substituents is 1. The Morgan fingerprint density at radius 3 is 2.35 bits per heavy atom. The molecule has 1 aromatic carbocycles. The van der Waals surface area contributed by atoms with E-state index in [-0.39, 0.29) is 5.69 Å². The molecule has 0 atom stereocenters. The summed E-state index contributed by atoms with van der Waals surface area (Å²) in [5.74, 6) is 0. The molecule has 0 radical (unpaired) electrons. The van der Waals surface area contributed by atoms with Crippen molar-refractivity contribution in [3.8, 4) is 0 Å². The van der Waals surface area contributed by atoms with Crippen LogP contribution in [0.5, 0.6) is 0 Å². The summed E-state index contributed by atoms with van der Waals surface area (Å²) < 4.78 is 0. The highest BCUT2D eigenvalue weighted by atomic mass is 16.6. The van der Waals surface area contributed by atoms with Crippen LogP contribution >= 0.6 is 0 Å². The maximum absolute atomic E-state index is 10.5. The Morgan fingerprint density at radius 1 is 1.12 bits per heavy atom. The first-order chi connectivity index (χ1) is 8.25. The van der Waals surface area contributed by atoms with Crippen LogP contribution in [0.3, 0.4) is 0 Å². The molecule has 2 rings (SSSR count). The Bertz CT molecular complexity index is 418. The van der Waals surface area contributed by atoms with Crippen molar-refractivity contribution in [1.82, 2.24) is 0 Å². The van der Waals surface area contributed by atoms with Gasteiger partial charge in [0, 0.05) is 17.8 Å². The number of nitrogens with one attached hydrogen (secondary N) is 1. The van der Waals surface area contributed by atoms with Gasteiger partial charge in [-0.1, -0.05) is 6.42 Å². The minimum atomic E-state index is -0.406. The highest BCUT2D eigenvalue weighted by Gasteiger charge is 2.07. The van der Waals surface area contributed by atoms with Crippen LogP contribution < -0.4 is 5.43 Å². The number of hydrogen-bond acceptors (Lipinski definition) is 4. The van der Waals surface area contributed by atoms with Crippen LogP contribution in [0, 0.1) is 10.1 Å². The molecular formula is C12H15N3O2. The monoisotopic (exact) mass is 233 g/mol. The lowest BCUT2D eigenvalue weighted by atomic mass is 9.99. The summed E-state index contributed by atoms with van der Waals surface area (Å²) in [6, 6.07) is 6.29. The molecule has 1 aromatic rings. The summed E-state index contributed by atoms with van der Waals surface area (Å²) in [4.78, 5) is 10.1. The maximum Gasteiger partial charge on any atom is 0.269 e. The largest absolute Gasteiger partial charge is 0.279 e. The van der Waals surface area contributed by atoms with Crippen LogP contribution in [0.1, 0.15) is 32.1 Å². The summed E-state index contributed by atoms with van der Waals surface area (Å²) in [5, 5.41) is 14.8. The fourth-order valence-corrected chi connectivity index (χ4v) is 1.87. The van der Waals surface area contributed by atoms with Crippen molar-refractivity contribution in [1.29, 1.82) is 0 Å². The third-order valence-electron chi connectivity index (χ3n) is 2.85. The molecule has 5 nitrogen and oxygen atoms in total.